The number of aromatic nitrogens is 2. The van der Waals surface area contributed by atoms with Crippen LogP contribution in [-0.2, 0) is 13.1 Å². The first kappa shape index (κ1) is 14.1. The molecular weight excluding hydrogens is 264 g/mol. The molecule has 0 fully saturated rings. The van der Waals surface area contributed by atoms with Gasteiger partial charge in [-0.15, -0.1) is 0 Å². The number of hydrogen-bond acceptors (Lipinski definition) is 4. The summed E-state index contributed by atoms with van der Waals surface area (Å²) < 4.78 is 2.02. The number of hydrogen-bond donors (Lipinski definition) is 3. The third kappa shape index (κ3) is 3.43. The van der Waals surface area contributed by atoms with Gasteiger partial charge < -0.3 is 15.7 Å². The first-order valence-electron chi connectivity index (χ1n) is 7.45. The first-order chi connectivity index (χ1) is 10.2. The zero-order chi connectivity index (χ0) is 14.7. The van der Waals surface area contributed by atoms with Gasteiger partial charge in [0.25, 0.3) is 0 Å². The molecule has 0 unspecified atom stereocenters. The summed E-state index contributed by atoms with van der Waals surface area (Å²) in [4.78, 5) is 0. The van der Waals surface area contributed by atoms with Gasteiger partial charge in [-0.3, -0.25) is 0 Å². The zero-order valence-electron chi connectivity index (χ0n) is 12.3. The van der Waals surface area contributed by atoms with Crippen LogP contribution in [-0.4, -0.2) is 28.0 Å². The van der Waals surface area contributed by atoms with Crippen LogP contribution in [0.25, 0.3) is 0 Å². The number of fused-ring (bicyclic) bond motifs is 1. The van der Waals surface area contributed by atoms with Gasteiger partial charge in [-0.05, 0) is 18.1 Å². The van der Waals surface area contributed by atoms with E-state index in [0.717, 1.165) is 37.6 Å². The van der Waals surface area contributed by atoms with Crippen LogP contribution in [0.3, 0.4) is 0 Å². The van der Waals surface area contributed by atoms with Crippen LogP contribution in [0.1, 0.15) is 24.2 Å². The lowest BCUT2D eigenvalue weighted by Gasteiger charge is -2.25. The van der Waals surface area contributed by atoms with E-state index in [2.05, 4.69) is 27.9 Å². The molecule has 5 nitrogen and oxygen atoms in total. The third-order valence-electron chi connectivity index (χ3n) is 3.94. The van der Waals surface area contributed by atoms with Crippen molar-refractivity contribution in [2.75, 3.05) is 18.4 Å². The van der Waals surface area contributed by atoms with E-state index >= 15 is 0 Å². The fourth-order valence-electron chi connectivity index (χ4n) is 2.66. The molecule has 3 rings (SSSR count). The molecule has 0 amide bonds. The SMILES string of the molecule is C[C@H](O)c1ccc(CNC[C@@H]2CNc3ccnn3C2)cc1. The normalized spacial score (nSPS) is 18.9. The summed E-state index contributed by atoms with van der Waals surface area (Å²) in [7, 11) is 0. The van der Waals surface area contributed by atoms with Crippen molar-refractivity contribution in [3.05, 3.63) is 47.7 Å². The number of aliphatic hydroxyl groups is 1. The van der Waals surface area contributed by atoms with E-state index < -0.39 is 6.10 Å². The Kier molecular flexibility index (Phi) is 4.22. The maximum absolute atomic E-state index is 9.49. The van der Waals surface area contributed by atoms with Gasteiger partial charge in [0.05, 0.1) is 12.3 Å². The van der Waals surface area contributed by atoms with E-state index in [0.29, 0.717) is 5.92 Å². The number of nitrogens with one attached hydrogen (secondary N) is 2. The minimum Gasteiger partial charge on any atom is -0.389 e. The number of benzene rings is 1. The van der Waals surface area contributed by atoms with Gasteiger partial charge in [-0.2, -0.15) is 5.10 Å². The highest BCUT2D eigenvalue weighted by molar-refractivity contribution is 5.35. The summed E-state index contributed by atoms with van der Waals surface area (Å²) in [6, 6.07) is 10.1. The molecule has 0 saturated carbocycles. The average molecular weight is 286 g/mol. The van der Waals surface area contributed by atoms with Gasteiger partial charge in [-0.1, -0.05) is 24.3 Å². The maximum Gasteiger partial charge on any atom is 0.124 e. The van der Waals surface area contributed by atoms with E-state index in [4.69, 9.17) is 0 Å². The Morgan fingerprint density at radius 2 is 2.19 bits per heavy atom. The second kappa shape index (κ2) is 6.28. The predicted octanol–water partition coefficient (Wildman–Crippen LogP) is 1.77. The van der Waals surface area contributed by atoms with Crippen molar-refractivity contribution in [1.29, 1.82) is 0 Å². The molecule has 2 aromatic rings. The summed E-state index contributed by atoms with van der Waals surface area (Å²) >= 11 is 0. The van der Waals surface area contributed by atoms with Crippen molar-refractivity contribution < 1.29 is 5.11 Å². The Hall–Kier alpha value is -1.85. The van der Waals surface area contributed by atoms with E-state index in [1.165, 1.54) is 5.56 Å². The number of rotatable bonds is 5. The molecule has 1 aliphatic heterocycles. The van der Waals surface area contributed by atoms with E-state index in [1.807, 2.05) is 29.1 Å². The molecule has 21 heavy (non-hydrogen) atoms. The summed E-state index contributed by atoms with van der Waals surface area (Å²) in [5, 5.41) is 20.7. The van der Waals surface area contributed by atoms with Crippen molar-refractivity contribution in [2.45, 2.75) is 26.1 Å². The molecule has 0 saturated heterocycles. The lowest BCUT2D eigenvalue weighted by molar-refractivity contribution is 0.199. The molecule has 5 heteroatoms. The number of nitrogens with zero attached hydrogens (tertiary/aromatic N) is 2. The molecule has 1 aliphatic rings. The van der Waals surface area contributed by atoms with Crippen molar-refractivity contribution in [1.82, 2.24) is 15.1 Å². The van der Waals surface area contributed by atoms with Gasteiger partial charge in [0, 0.05) is 38.2 Å². The number of aliphatic hydroxyl groups excluding tert-OH is 1. The molecule has 1 aromatic heterocycles. The fourth-order valence-corrected chi connectivity index (χ4v) is 2.66. The van der Waals surface area contributed by atoms with Crippen molar-refractivity contribution >= 4 is 5.82 Å². The van der Waals surface area contributed by atoms with Crippen molar-refractivity contribution in [3.8, 4) is 0 Å². The highest BCUT2D eigenvalue weighted by atomic mass is 16.3. The second-order valence-corrected chi connectivity index (χ2v) is 5.69. The van der Waals surface area contributed by atoms with Crippen LogP contribution < -0.4 is 10.6 Å². The summed E-state index contributed by atoms with van der Waals surface area (Å²) in [6.45, 7) is 5.54. The van der Waals surface area contributed by atoms with Crippen LogP contribution in [0.15, 0.2) is 36.5 Å². The number of anilines is 1. The quantitative estimate of drug-likeness (QED) is 0.784. The van der Waals surface area contributed by atoms with Gasteiger partial charge in [0.1, 0.15) is 5.82 Å². The minimum absolute atomic E-state index is 0.399. The Bertz CT molecular complexity index is 576. The first-order valence-corrected chi connectivity index (χ1v) is 7.45. The molecule has 0 bridgehead atoms. The summed E-state index contributed by atoms with van der Waals surface area (Å²) in [5.74, 6) is 1.66. The van der Waals surface area contributed by atoms with Crippen LogP contribution in [0.2, 0.25) is 0 Å². The molecule has 0 spiro atoms. The maximum atomic E-state index is 9.49. The highest BCUT2D eigenvalue weighted by Crippen LogP contribution is 2.16. The van der Waals surface area contributed by atoms with E-state index in [9.17, 15) is 5.11 Å². The van der Waals surface area contributed by atoms with Gasteiger partial charge in [0.15, 0.2) is 0 Å². The second-order valence-electron chi connectivity index (χ2n) is 5.69. The lowest BCUT2D eigenvalue weighted by Crippen LogP contribution is -2.35. The Morgan fingerprint density at radius 3 is 2.95 bits per heavy atom. The molecular formula is C16H22N4O. The third-order valence-corrected chi connectivity index (χ3v) is 3.94. The van der Waals surface area contributed by atoms with Gasteiger partial charge in [-0.25, -0.2) is 4.68 Å². The minimum atomic E-state index is -0.399. The molecule has 112 valence electrons. The molecule has 2 atom stereocenters. The molecule has 3 N–H and O–H groups in total. The highest BCUT2D eigenvalue weighted by Gasteiger charge is 2.17. The molecule has 0 radical (unpaired) electrons. The van der Waals surface area contributed by atoms with Crippen LogP contribution in [0.5, 0.6) is 0 Å². The van der Waals surface area contributed by atoms with Gasteiger partial charge >= 0.3 is 0 Å². The van der Waals surface area contributed by atoms with Crippen LogP contribution in [0.4, 0.5) is 5.82 Å². The predicted molar refractivity (Wildman–Crippen MR) is 83.0 cm³/mol. The van der Waals surface area contributed by atoms with E-state index in [-0.39, 0.29) is 0 Å². The van der Waals surface area contributed by atoms with Crippen molar-refractivity contribution in [2.24, 2.45) is 5.92 Å². The van der Waals surface area contributed by atoms with Crippen molar-refractivity contribution in [3.63, 3.8) is 0 Å². The average Bonchev–Trinajstić information content (AvgIpc) is 2.95. The molecule has 1 aromatic carbocycles. The zero-order valence-corrected chi connectivity index (χ0v) is 12.3. The topological polar surface area (TPSA) is 62.1 Å². The van der Waals surface area contributed by atoms with E-state index in [1.54, 1.807) is 6.92 Å². The standard InChI is InChI=1S/C16H22N4O/c1-12(21)15-4-2-13(3-5-15)8-17-9-14-10-18-16-6-7-19-20(16)11-14/h2-7,12,14,17-18,21H,8-11H2,1H3/t12-,14+/m0/s1. The molecule has 0 aliphatic carbocycles. The van der Waals surface area contributed by atoms with Crippen LogP contribution >= 0.6 is 0 Å². The smallest absolute Gasteiger partial charge is 0.124 e. The Labute approximate surface area is 125 Å². The Balaban J connectivity index is 1.46. The summed E-state index contributed by atoms with van der Waals surface area (Å²) in [6.07, 6.45) is 1.44. The molecule has 2 heterocycles. The lowest BCUT2D eigenvalue weighted by atomic mass is 10.1. The summed E-state index contributed by atoms with van der Waals surface area (Å²) in [5.41, 5.74) is 2.20. The monoisotopic (exact) mass is 286 g/mol. The largest absolute Gasteiger partial charge is 0.389 e. The van der Waals surface area contributed by atoms with Crippen LogP contribution in [0, 0.1) is 5.92 Å². The fraction of sp³-hybridized carbons (Fsp3) is 0.438. The van der Waals surface area contributed by atoms with Gasteiger partial charge in [0.2, 0.25) is 0 Å². The Morgan fingerprint density at radius 1 is 1.38 bits per heavy atom.